The Morgan fingerprint density at radius 2 is 2.46 bits per heavy atom. The summed E-state index contributed by atoms with van der Waals surface area (Å²) in [6.07, 6.45) is 4.23. The van der Waals surface area contributed by atoms with Crippen LogP contribution in [0.25, 0.3) is 0 Å². The minimum atomic E-state index is -0.343. The Labute approximate surface area is 78.6 Å². The minimum Gasteiger partial charge on any atom is -0.390 e. The van der Waals surface area contributed by atoms with Crippen LogP contribution in [-0.2, 0) is 13.0 Å². The first kappa shape index (κ1) is 10.2. The van der Waals surface area contributed by atoms with Crippen molar-refractivity contribution in [2.24, 2.45) is 0 Å². The normalized spacial score (nSPS) is 13.2. The zero-order valence-corrected chi connectivity index (χ0v) is 8.20. The van der Waals surface area contributed by atoms with E-state index < -0.39 is 0 Å². The molecule has 0 amide bonds. The lowest BCUT2D eigenvalue weighted by atomic mass is 10.3. The molecule has 0 saturated carbocycles. The van der Waals surface area contributed by atoms with Gasteiger partial charge in [0.2, 0.25) is 0 Å². The molecular formula is C9H17N3O. The third-order valence-electron chi connectivity index (χ3n) is 1.97. The molecule has 1 unspecified atom stereocenters. The molecule has 4 nitrogen and oxygen atoms in total. The molecule has 13 heavy (non-hydrogen) atoms. The SMILES string of the molecule is CCc1nccn1CC(O)CNC. The van der Waals surface area contributed by atoms with Gasteiger partial charge in [-0.05, 0) is 7.05 Å². The number of likely N-dealkylation sites (N-methyl/N-ethyl adjacent to an activating group) is 1. The highest BCUT2D eigenvalue weighted by Crippen LogP contribution is 1.99. The summed E-state index contributed by atoms with van der Waals surface area (Å²) < 4.78 is 1.99. The second-order valence-electron chi connectivity index (χ2n) is 3.06. The highest BCUT2D eigenvalue weighted by Gasteiger charge is 2.06. The van der Waals surface area contributed by atoms with Crippen LogP contribution in [0.2, 0.25) is 0 Å². The topological polar surface area (TPSA) is 50.1 Å². The second-order valence-corrected chi connectivity index (χ2v) is 3.06. The van der Waals surface area contributed by atoms with Crippen molar-refractivity contribution in [2.45, 2.75) is 26.0 Å². The highest BCUT2D eigenvalue weighted by atomic mass is 16.3. The summed E-state index contributed by atoms with van der Waals surface area (Å²) in [5, 5.41) is 12.5. The molecule has 0 radical (unpaired) electrons. The first-order valence-corrected chi connectivity index (χ1v) is 4.60. The number of hydrogen-bond donors (Lipinski definition) is 2. The molecule has 0 aliphatic carbocycles. The maximum Gasteiger partial charge on any atom is 0.108 e. The van der Waals surface area contributed by atoms with Crippen molar-refractivity contribution >= 4 is 0 Å². The van der Waals surface area contributed by atoms with E-state index in [1.54, 1.807) is 6.20 Å². The zero-order valence-electron chi connectivity index (χ0n) is 8.20. The summed E-state index contributed by atoms with van der Waals surface area (Å²) in [7, 11) is 1.83. The average molecular weight is 183 g/mol. The molecule has 0 aliphatic heterocycles. The number of aliphatic hydroxyl groups is 1. The van der Waals surface area contributed by atoms with Crippen LogP contribution in [0.1, 0.15) is 12.7 Å². The van der Waals surface area contributed by atoms with Gasteiger partial charge < -0.3 is 15.0 Å². The van der Waals surface area contributed by atoms with Crippen molar-refractivity contribution in [1.82, 2.24) is 14.9 Å². The lowest BCUT2D eigenvalue weighted by Gasteiger charge is -2.12. The summed E-state index contributed by atoms with van der Waals surface area (Å²) in [5.41, 5.74) is 0. The van der Waals surface area contributed by atoms with Gasteiger partial charge in [-0.3, -0.25) is 0 Å². The zero-order chi connectivity index (χ0) is 9.68. The fraction of sp³-hybridized carbons (Fsp3) is 0.667. The molecule has 0 aromatic carbocycles. The van der Waals surface area contributed by atoms with Gasteiger partial charge in [-0.2, -0.15) is 0 Å². The molecular weight excluding hydrogens is 166 g/mol. The van der Waals surface area contributed by atoms with E-state index in [-0.39, 0.29) is 6.10 Å². The van der Waals surface area contributed by atoms with Crippen molar-refractivity contribution in [3.63, 3.8) is 0 Å². The van der Waals surface area contributed by atoms with Crippen LogP contribution in [-0.4, -0.2) is 34.4 Å². The van der Waals surface area contributed by atoms with Crippen molar-refractivity contribution in [2.75, 3.05) is 13.6 Å². The van der Waals surface area contributed by atoms with E-state index in [1.807, 2.05) is 17.8 Å². The van der Waals surface area contributed by atoms with E-state index in [0.717, 1.165) is 12.2 Å². The first-order valence-electron chi connectivity index (χ1n) is 4.60. The fourth-order valence-corrected chi connectivity index (χ4v) is 1.35. The smallest absolute Gasteiger partial charge is 0.108 e. The fourth-order valence-electron chi connectivity index (χ4n) is 1.35. The molecule has 0 saturated heterocycles. The van der Waals surface area contributed by atoms with Gasteiger partial charge in [-0.25, -0.2) is 4.98 Å². The van der Waals surface area contributed by atoms with E-state index in [0.29, 0.717) is 13.1 Å². The van der Waals surface area contributed by atoms with Crippen LogP contribution in [0.3, 0.4) is 0 Å². The Kier molecular flexibility index (Phi) is 3.92. The molecule has 1 rings (SSSR count). The van der Waals surface area contributed by atoms with Gasteiger partial charge in [-0.15, -0.1) is 0 Å². The predicted molar refractivity (Wildman–Crippen MR) is 51.5 cm³/mol. The quantitative estimate of drug-likeness (QED) is 0.677. The van der Waals surface area contributed by atoms with Crippen molar-refractivity contribution in [3.05, 3.63) is 18.2 Å². The molecule has 0 aliphatic rings. The van der Waals surface area contributed by atoms with E-state index in [1.165, 1.54) is 0 Å². The largest absolute Gasteiger partial charge is 0.390 e. The monoisotopic (exact) mass is 183 g/mol. The van der Waals surface area contributed by atoms with E-state index in [4.69, 9.17) is 0 Å². The summed E-state index contributed by atoms with van der Waals surface area (Å²) in [5.74, 6) is 1.02. The van der Waals surface area contributed by atoms with Gasteiger partial charge >= 0.3 is 0 Å². The second kappa shape index (κ2) is 4.99. The number of rotatable bonds is 5. The van der Waals surface area contributed by atoms with Crippen molar-refractivity contribution in [3.8, 4) is 0 Å². The molecule has 74 valence electrons. The molecule has 0 bridgehead atoms. The van der Waals surface area contributed by atoms with Gasteiger partial charge in [0.25, 0.3) is 0 Å². The lowest BCUT2D eigenvalue weighted by Crippen LogP contribution is -2.28. The number of hydrogen-bond acceptors (Lipinski definition) is 3. The summed E-state index contributed by atoms with van der Waals surface area (Å²) >= 11 is 0. The molecule has 1 atom stereocenters. The molecule has 1 aromatic rings. The average Bonchev–Trinajstić information content (AvgIpc) is 2.52. The molecule has 1 heterocycles. The lowest BCUT2D eigenvalue weighted by molar-refractivity contribution is 0.153. The predicted octanol–water partition coefficient (Wildman–Crippen LogP) is 0.0258. The van der Waals surface area contributed by atoms with Gasteiger partial charge in [0.05, 0.1) is 12.6 Å². The van der Waals surface area contributed by atoms with Gasteiger partial charge in [0, 0.05) is 25.4 Å². The van der Waals surface area contributed by atoms with Gasteiger partial charge in [-0.1, -0.05) is 6.92 Å². The van der Waals surface area contributed by atoms with Crippen LogP contribution in [0.5, 0.6) is 0 Å². The number of nitrogens with zero attached hydrogens (tertiary/aromatic N) is 2. The van der Waals surface area contributed by atoms with Crippen molar-refractivity contribution < 1.29 is 5.11 Å². The van der Waals surface area contributed by atoms with Crippen LogP contribution in [0.15, 0.2) is 12.4 Å². The van der Waals surface area contributed by atoms with E-state index in [2.05, 4.69) is 17.2 Å². The molecule has 0 fully saturated rings. The Bertz CT molecular complexity index is 247. The number of aromatic nitrogens is 2. The summed E-state index contributed by atoms with van der Waals surface area (Å²) in [6.45, 7) is 3.29. The number of aryl methyl sites for hydroxylation is 1. The Hall–Kier alpha value is -0.870. The third kappa shape index (κ3) is 2.82. The number of nitrogens with one attached hydrogen (secondary N) is 1. The standard InChI is InChI=1S/C9H17N3O/c1-3-9-11-4-5-12(9)7-8(13)6-10-2/h4-5,8,10,13H,3,6-7H2,1-2H3. The molecule has 2 N–H and O–H groups in total. The van der Waals surface area contributed by atoms with Crippen LogP contribution < -0.4 is 5.32 Å². The van der Waals surface area contributed by atoms with Gasteiger partial charge in [0.1, 0.15) is 5.82 Å². The summed E-state index contributed by atoms with van der Waals surface area (Å²) in [6, 6.07) is 0. The third-order valence-corrected chi connectivity index (χ3v) is 1.97. The van der Waals surface area contributed by atoms with Crippen LogP contribution in [0.4, 0.5) is 0 Å². The maximum absolute atomic E-state index is 9.53. The van der Waals surface area contributed by atoms with Crippen LogP contribution >= 0.6 is 0 Å². The molecule has 1 aromatic heterocycles. The number of aliphatic hydroxyl groups excluding tert-OH is 1. The minimum absolute atomic E-state index is 0.343. The Morgan fingerprint density at radius 1 is 1.69 bits per heavy atom. The highest BCUT2D eigenvalue weighted by molar-refractivity contribution is 4.92. The molecule has 4 heteroatoms. The van der Waals surface area contributed by atoms with Crippen molar-refractivity contribution in [1.29, 1.82) is 0 Å². The maximum atomic E-state index is 9.53. The van der Waals surface area contributed by atoms with E-state index >= 15 is 0 Å². The summed E-state index contributed by atoms with van der Waals surface area (Å²) in [4.78, 5) is 4.18. The van der Waals surface area contributed by atoms with Gasteiger partial charge in [0.15, 0.2) is 0 Å². The molecule has 0 spiro atoms. The van der Waals surface area contributed by atoms with E-state index in [9.17, 15) is 5.11 Å². The number of imidazole rings is 1. The Morgan fingerprint density at radius 3 is 3.08 bits per heavy atom. The van der Waals surface area contributed by atoms with Crippen LogP contribution in [0, 0.1) is 0 Å². The first-order chi connectivity index (χ1) is 6.27. The Balaban J connectivity index is 2.52.